The number of hydrogen-bond acceptors (Lipinski definition) is 6. The van der Waals surface area contributed by atoms with Crippen molar-refractivity contribution in [2.75, 3.05) is 25.1 Å². The van der Waals surface area contributed by atoms with Gasteiger partial charge in [0.15, 0.2) is 0 Å². The zero-order chi connectivity index (χ0) is 22.9. The van der Waals surface area contributed by atoms with Crippen molar-refractivity contribution in [2.24, 2.45) is 0 Å². The summed E-state index contributed by atoms with van der Waals surface area (Å²) in [6, 6.07) is 9.41. The number of nitrogen functional groups attached to an aromatic ring is 1. The van der Waals surface area contributed by atoms with E-state index in [-0.39, 0.29) is 18.5 Å². The average molecular weight is 455 g/mol. The number of amides is 1. The van der Waals surface area contributed by atoms with Crippen LogP contribution in [0, 0.1) is 0 Å². The molecular weight excluding hydrogens is 428 g/mol. The van der Waals surface area contributed by atoms with Crippen LogP contribution in [0.2, 0.25) is 0 Å². The minimum Gasteiger partial charge on any atom is -0.383 e. The number of benzene rings is 1. The maximum absolute atomic E-state index is 12.1. The van der Waals surface area contributed by atoms with Crippen LogP contribution >= 0.6 is 0 Å². The van der Waals surface area contributed by atoms with Crippen molar-refractivity contribution in [3.8, 4) is 11.3 Å². The first-order valence-electron chi connectivity index (χ1n) is 10.3. The van der Waals surface area contributed by atoms with Crippen LogP contribution in [0.25, 0.3) is 22.2 Å². The van der Waals surface area contributed by atoms with Crippen molar-refractivity contribution in [3.05, 3.63) is 54.7 Å². The SMILES string of the molecule is C=CC(=O)N1CCCC(n2nc(-c3ccc(CNS(C)(=O)=O)cc3)c3c(N)nccc32)C1. The van der Waals surface area contributed by atoms with Crippen LogP contribution in [-0.2, 0) is 21.4 Å². The van der Waals surface area contributed by atoms with Crippen LogP contribution in [0.15, 0.2) is 49.2 Å². The molecule has 0 spiro atoms. The third-order valence-corrected chi connectivity index (χ3v) is 6.31. The van der Waals surface area contributed by atoms with Gasteiger partial charge >= 0.3 is 0 Å². The van der Waals surface area contributed by atoms with Gasteiger partial charge in [0.25, 0.3) is 0 Å². The van der Waals surface area contributed by atoms with Gasteiger partial charge in [-0.1, -0.05) is 30.8 Å². The van der Waals surface area contributed by atoms with Gasteiger partial charge in [-0.25, -0.2) is 18.1 Å². The molecule has 0 aliphatic carbocycles. The van der Waals surface area contributed by atoms with Crippen LogP contribution in [0.3, 0.4) is 0 Å². The number of likely N-dealkylation sites (tertiary alicyclic amines) is 1. The molecule has 2 aromatic heterocycles. The number of aromatic nitrogens is 3. The van der Waals surface area contributed by atoms with Crippen molar-refractivity contribution in [3.63, 3.8) is 0 Å². The van der Waals surface area contributed by atoms with Crippen LogP contribution in [0.1, 0.15) is 24.4 Å². The van der Waals surface area contributed by atoms with Crippen molar-refractivity contribution < 1.29 is 13.2 Å². The fourth-order valence-corrected chi connectivity index (χ4v) is 4.50. The summed E-state index contributed by atoms with van der Waals surface area (Å²) >= 11 is 0. The third kappa shape index (κ3) is 4.51. The van der Waals surface area contributed by atoms with Gasteiger partial charge in [-0.2, -0.15) is 5.10 Å². The lowest BCUT2D eigenvalue weighted by atomic mass is 10.0. The Morgan fingerprint density at radius 1 is 1.31 bits per heavy atom. The molecule has 1 aliphatic heterocycles. The quantitative estimate of drug-likeness (QED) is 0.550. The molecule has 0 radical (unpaired) electrons. The number of sulfonamides is 1. The maximum Gasteiger partial charge on any atom is 0.246 e. The molecule has 32 heavy (non-hydrogen) atoms. The zero-order valence-electron chi connectivity index (χ0n) is 17.9. The number of carbonyl (C=O) groups excluding carboxylic acids is 1. The smallest absolute Gasteiger partial charge is 0.246 e. The van der Waals surface area contributed by atoms with Crippen LogP contribution < -0.4 is 10.5 Å². The van der Waals surface area contributed by atoms with E-state index < -0.39 is 10.0 Å². The Hall–Kier alpha value is -3.24. The molecule has 0 saturated carbocycles. The molecule has 1 amide bonds. The Morgan fingerprint density at radius 3 is 2.75 bits per heavy atom. The summed E-state index contributed by atoms with van der Waals surface area (Å²) in [4.78, 5) is 18.2. The molecule has 168 valence electrons. The van der Waals surface area contributed by atoms with E-state index in [1.54, 1.807) is 11.1 Å². The van der Waals surface area contributed by atoms with E-state index in [2.05, 4.69) is 16.3 Å². The summed E-state index contributed by atoms with van der Waals surface area (Å²) in [6.07, 6.45) is 5.91. The Labute approximate surface area is 187 Å². The lowest BCUT2D eigenvalue weighted by molar-refractivity contribution is -0.127. The summed E-state index contributed by atoms with van der Waals surface area (Å²) in [5, 5.41) is 5.67. The summed E-state index contributed by atoms with van der Waals surface area (Å²) in [7, 11) is -3.27. The first kappa shape index (κ1) is 22.0. The molecule has 3 aromatic rings. The predicted octanol–water partition coefficient (Wildman–Crippen LogP) is 2.08. The second kappa shape index (κ2) is 8.71. The van der Waals surface area contributed by atoms with E-state index in [1.165, 1.54) is 6.08 Å². The molecule has 1 fully saturated rings. The van der Waals surface area contributed by atoms with Gasteiger partial charge in [-0.05, 0) is 30.5 Å². The average Bonchev–Trinajstić information content (AvgIpc) is 3.18. The zero-order valence-corrected chi connectivity index (χ0v) is 18.7. The van der Waals surface area contributed by atoms with Crippen LogP contribution in [0.5, 0.6) is 0 Å². The molecule has 10 heteroatoms. The minimum atomic E-state index is -3.27. The molecular formula is C22H26N6O3S. The van der Waals surface area contributed by atoms with E-state index in [9.17, 15) is 13.2 Å². The molecule has 1 aromatic carbocycles. The monoisotopic (exact) mass is 454 g/mol. The largest absolute Gasteiger partial charge is 0.383 e. The number of fused-ring (bicyclic) bond motifs is 1. The van der Waals surface area contributed by atoms with E-state index in [0.717, 1.165) is 41.1 Å². The molecule has 1 atom stereocenters. The van der Waals surface area contributed by atoms with Gasteiger partial charge in [0.05, 0.1) is 23.2 Å². The van der Waals surface area contributed by atoms with E-state index >= 15 is 0 Å². The molecule has 3 heterocycles. The third-order valence-electron chi connectivity index (χ3n) is 5.64. The first-order chi connectivity index (χ1) is 15.3. The summed E-state index contributed by atoms with van der Waals surface area (Å²) < 4.78 is 27.1. The number of nitrogens with one attached hydrogen (secondary N) is 1. The van der Waals surface area contributed by atoms with Gasteiger partial charge in [0, 0.05) is 31.4 Å². The number of anilines is 1. The lowest BCUT2D eigenvalue weighted by Gasteiger charge is -2.32. The number of pyridine rings is 1. The van der Waals surface area contributed by atoms with Gasteiger partial charge in [-0.3, -0.25) is 9.48 Å². The number of nitrogens with two attached hydrogens (primary N) is 1. The summed E-state index contributed by atoms with van der Waals surface area (Å²) in [5.74, 6) is 0.312. The normalized spacial score (nSPS) is 16.9. The standard InChI is InChI=1S/C22H26N6O3S/c1-3-19(29)27-12-4-5-17(14-27)28-18-10-11-24-22(23)20(18)21(26-28)16-8-6-15(7-9-16)13-25-32(2,30)31/h3,6-11,17,25H,1,4-5,12-14H2,2H3,(H2,23,24). The summed E-state index contributed by atoms with van der Waals surface area (Å²) in [6.45, 7) is 5.08. The van der Waals surface area contributed by atoms with Gasteiger partial charge < -0.3 is 10.6 Å². The van der Waals surface area contributed by atoms with Crippen LogP contribution in [0.4, 0.5) is 5.82 Å². The highest BCUT2D eigenvalue weighted by molar-refractivity contribution is 7.88. The minimum absolute atomic E-state index is 0.0175. The molecule has 0 bridgehead atoms. The number of piperidine rings is 1. The number of rotatable bonds is 6. The van der Waals surface area contributed by atoms with Gasteiger partial charge in [0.2, 0.25) is 15.9 Å². The summed E-state index contributed by atoms with van der Waals surface area (Å²) in [5.41, 5.74) is 9.50. The van der Waals surface area contributed by atoms with Crippen LogP contribution in [-0.4, -0.2) is 53.3 Å². The second-order valence-corrected chi connectivity index (χ2v) is 9.79. The molecule has 1 aliphatic rings. The van der Waals surface area contributed by atoms with Gasteiger partial charge in [-0.15, -0.1) is 0 Å². The van der Waals surface area contributed by atoms with Crippen molar-refractivity contribution in [2.45, 2.75) is 25.4 Å². The Bertz CT molecular complexity index is 1270. The highest BCUT2D eigenvalue weighted by Gasteiger charge is 2.27. The molecule has 4 rings (SSSR count). The number of hydrogen-bond donors (Lipinski definition) is 2. The number of nitrogens with zero attached hydrogens (tertiary/aromatic N) is 4. The number of carbonyl (C=O) groups is 1. The Balaban J connectivity index is 1.70. The predicted molar refractivity (Wildman–Crippen MR) is 124 cm³/mol. The first-order valence-corrected chi connectivity index (χ1v) is 12.2. The maximum atomic E-state index is 12.1. The molecule has 1 unspecified atom stereocenters. The topological polar surface area (TPSA) is 123 Å². The second-order valence-electron chi connectivity index (χ2n) is 7.96. The van der Waals surface area contributed by atoms with E-state index in [0.29, 0.717) is 24.6 Å². The molecule has 9 nitrogen and oxygen atoms in total. The van der Waals surface area contributed by atoms with Crippen molar-refractivity contribution in [1.82, 2.24) is 24.4 Å². The Morgan fingerprint density at radius 2 is 2.06 bits per heavy atom. The van der Waals surface area contributed by atoms with Crippen molar-refractivity contribution in [1.29, 1.82) is 0 Å². The Kier molecular flexibility index (Phi) is 5.98. The van der Waals surface area contributed by atoms with E-state index in [4.69, 9.17) is 10.8 Å². The fourth-order valence-electron chi connectivity index (χ4n) is 4.07. The fraction of sp³-hybridized carbons (Fsp3) is 0.318. The van der Waals surface area contributed by atoms with Gasteiger partial charge in [0.1, 0.15) is 11.5 Å². The highest BCUT2D eigenvalue weighted by Crippen LogP contribution is 2.34. The van der Waals surface area contributed by atoms with E-state index in [1.807, 2.05) is 35.0 Å². The van der Waals surface area contributed by atoms with Crippen molar-refractivity contribution >= 4 is 32.7 Å². The molecule has 1 saturated heterocycles. The lowest BCUT2D eigenvalue weighted by Crippen LogP contribution is -2.40. The molecule has 3 N–H and O–H groups in total. The highest BCUT2D eigenvalue weighted by atomic mass is 32.2.